The standard InChI is InChI=1S/C12H18O4/c1-14-12(16-13)8-5-9-15-10-11-6-3-2-4-7-11/h2-4,6-7,12-13H,5,8-10H2,1H3. The third-order valence-electron chi connectivity index (χ3n) is 2.22. The molecule has 1 rings (SSSR count). The number of hydrogen-bond acceptors (Lipinski definition) is 4. The quantitative estimate of drug-likeness (QED) is 0.320. The fourth-order valence-electron chi connectivity index (χ4n) is 1.33. The van der Waals surface area contributed by atoms with Crippen molar-refractivity contribution in [3.8, 4) is 0 Å². The molecule has 0 aliphatic heterocycles. The summed E-state index contributed by atoms with van der Waals surface area (Å²) in [6, 6.07) is 9.99. The van der Waals surface area contributed by atoms with Crippen LogP contribution in [0.2, 0.25) is 0 Å². The van der Waals surface area contributed by atoms with Crippen molar-refractivity contribution in [2.75, 3.05) is 13.7 Å². The average Bonchev–Trinajstić information content (AvgIpc) is 2.35. The van der Waals surface area contributed by atoms with Crippen molar-refractivity contribution in [3.05, 3.63) is 35.9 Å². The Morgan fingerprint density at radius 3 is 2.62 bits per heavy atom. The zero-order valence-corrected chi connectivity index (χ0v) is 9.46. The summed E-state index contributed by atoms with van der Waals surface area (Å²) in [5, 5.41) is 8.39. The fraction of sp³-hybridized carbons (Fsp3) is 0.500. The molecule has 0 fully saturated rings. The van der Waals surface area contributed by atoms with E-state index in [9.17, 15) is 0 Å². The second-order valence-electron chi connectivity index (χ2n) is 3.45. The molecule has 4 nitrogen and oxygen atoms in total. The van der Waals surface area contributed by atoms with Gasteiger partial charge in [-0.25, -0.2) is 10.1 Å². The summed E-state index contributed by atoms with van der Waals surface area (Å²) in [5.74, 6) is 0. The molecule has 90 valence electrons. The second kappa shape index (κ2) is 8.24. The van der Waals surface area contributed by atoms with Crippen LogP contribution in [0.15, 0.2) is 30.3 Å². The minimum absolute atomic E-state index is 0.555. The van der Waals surface area contributed by atoms with Crippen LogP contribution < -0.4 is 0 Å². The van der Waals surface area contributed by atoms with E-state index in [0.29, 0.717) is 19.6 Å². The van der Waals surface area contributed by atoms with Gasteiger partial charge in [0.15, 0.2) is 6.29 Å². The van der Waals surface area contributed by atoms with E-state index in [1.54, 1.807) is 0 Å². The lowest BCUT2D eigenvalue weighted by Gasteiger charge is -2.10. The highest BCUT2D eigenvalue weighted by atomic mass is 17.1. The Morgan fingerprint density at radius 2 is 2.00 bits per heavy atom. The van der Waals surface area contributed by atoms with Crippen LogP contribution in [0.1, 0.15) is 18.4 Å². The molecule has 1 aromatic carbocycles. The molecule has 0 amide bonds. The number of ether oxygens (including phenoxy) is 2. The molecule has 0 saturated carbocycles. The lowest BCUT2D eigenvalue weighted by molar-refractivity contribution is -0.342. The van der Waals surface area contributed by atoms with Crippen molar-refractivity contribution in [3.63, 3.8) is 0 Å². The maximum atomic E-state index is 8.39. The molecule has 1 aromatic rings. The SMILES string of the molecule is COC(CCCOCc1ccccc1)OO. The van der Waals surface area contributed by atoms with Gasteiger partial charge in [0, 0.05) is 20.1 Å². The van der Waals surface area contributed by atoms with Crippen molar-refractivity contribution in [2.45, 2.75) is 25.7 Å². The molecule has 0 aliphatic rings. The van der Waals surface area contributed by atoms with Gasteiger partial charge in [-0.1, -0.05) is 30.3 Å². The topological polar surface area (TPSA) is 47.9 Å². The van der Waals surface area contributed by atoms with E-state index in [-0.39, 0.29) is 0 Å². The summed E-state index contributed by atoms with van der Waals surface area (Å²) < 4.78 is 10.3. The first-order valence-corrected chi connectivity index (χ1v) is 5.31. The number of rotatable bonds is 8. The summed E-state index contributed by atoms with van der Waals surface area (Å²) >= 11 is 0. The monoisotopic (exact) mass is 226 g/mol. The van der Waals surface area contributed by atoms with Crippen LogP contribution in [0.3, 0.4) is 0 Å². The highest BCUT2D eigenvalue weighted by Gasteiger charge is 2.05. The van der Waals surface area contributed by atoms with E-state index in [2.05, 4.69) is 4.89 Å². The summed E-state index contributed by atoms with van der Waals surface area (Å²) in [5.41, 5.74) is 1.16. The van der Waals surface area contributed by atoms with Gasteiger partial charge in [0.2, 0.25) is 0 Å². The molecule has 4 heteroatoms. The molecular formula is C12H18O4. The van der Waals surface area contributed by atoms with Gasteiger partial charge in [-0.2, -0.15) is 0 Å². The van der Waals surface area contributed by atoms with Crippen LogP contribution in [-0.2, 0) is 21.0 Å². The molecule has 1 atom stereocenters. The zero-order chi connectivity index (χ0) is 11.6. The van der Waals surface area contributed by atoms with Gasteiger partial charge in [-0.3, -0.25) is 0 Å². The van der Waals surface area contributed by atoms with Crippen LogP contribution in [0.4, 0.5) is 0 Å². The van der Waals surface area contributed by atoms with Gasteiger partial charge in [-0.15, -0.1) is 0 Å². The van der Waals surface area contributed by atoms with Gasteiger partial charge in [0.25, 0.3) is 0 Å². The first kappa shape index (κ1) is 13.1. The Bertz CT molecular complexity index is 259. The van der Waals surface area contributed by atoms with Crippen molar-refractivity contribution >= 4 is 0 Å². The predicted octanol–water partition coefficient (Wildman–Crippen LogP) is 2.45. The van der Waals surface area contributed by atoms with Gasteiger partial charge in [-0.05, 0) is 12.0 Å². The first-order chi connectivity index (χ1) is 7.86. The zero-order valence-electron chi connectivity index (χ0n) is 9.46. The summed E-state index contributed by atoms with van der Waals surface area (Å²) in [4.78, 5) is 4.09. The number of hydrogen-bond donors (Lipinski definition) is 1. The molecule has 0 radical (unpaired) electrons. The third-order valence-corrected chi connectivity index (χ3v) is 2.22. The Labute approximate surface area is 95.7 Å². The smallest absolute Gasteiger partial charge is 0.190 e. The lowest BCUT2D eigenvalue weighted by atomic mass is 10.2. The molecule has 0 aliphatic carbocycles. The minimum Gasteiger partial charge on any atom is -0.377 e. The lowest BCUT2D eigenvalue weighted by Crippen LogP contribution is -2.13. The fourth-order valence-corrected chi connectivity index (χ4v) is 1.33. The minimum atomic E-state index is -0.555. The first-order valence-electron chi connectivity index (χ1n) is 5.31. The molecule has 1 N–H and O–H groups in total. The van der Waals surface area contributed by atoms with Crippen molar-refractivity contribution in [2.24, 2.45) is 0 Å². The maximum absolute atomic E-state index is 8.39. The molecular weight excluding hydrogens is 208 g/mol. The number of benzene rings is 1. The normalized spacial score (nSPS) is 12.6. The summed E-state index contributed by atoms with van der Waals surface area (Å²) in [6.07, 6.45) is 0.841. The average molecular weight is 226 g/mol. The van der Waals surface area contributed by atoms with Crippen molar-refractivity contribution < 1.29 is 19.6 Å². The van der Waals surface area contributed by atoms with E-state index in [1.807, 2.05) is 30.3 Å². The highest BCUT2D eigenvalue weighted by Crippen LogP contribution is 2.04. The van der Waals surface area contributed by atoms with E-state index in [0.717, 1.165) is 12.0 Å². The van der Waals surface area contributed by atoms with E-state index in [1.165, 1.54) is 7.11 Å². The molecule has 0 heterocycles. The van der Waals surface area contributed by atoms with Gasteiger partial charge >= 0.3 is 0 Å². The predicted molar refractivity (Wildman–Crippen MR) is 59.8 cm³/mol. The Balaban J connectivity index is 2.04. The summed E-state index contributed by atoms with van der Waals surface area (Å²) in [7, 11) is 1.49. The molecule has 1 unspecified atom stereocenters. The highest BCUT2D eigenvalue weighted by molar-refractivity contribution is 5.13. The van der Waals surface area contributed by atoms with Crippen molar-refractivity contribution in [1.29, 1.82) is 0 Å². The largest absolute Gasteiger partial charge is 0.377 e. The van der Waals surface area contributed by atoms with Gasteiger partial charge in [0.1, 0.15) is 0 Å². The molecule has 16 heavy (non-hydrogen) atoms. The second-order valence-corrected chi connectivity index (χ2v) is 3.45. The van der Waals surface area contributed by atoms with Crippen LogP contribution in [0.5, 0.6) is 0 Å². The van der Waals surface area contributed by atoms with Crippen LogP contribution in [0, 0.1) is 0 Å². The Hall–Kier alpha value is -0.940. The van der Waals surface area contributed by atoms with Crippen molar-refractivity contribution in [1.82, 2.24) is 0 Å². The Morgan fingerprint density at radius 1 is 1.25 bits per heavy atom. The van der Waals surface area contributed by atoms with E-state index in [4.69, 9.17) is 14.7 Å². The third kappa shape index (κ3) is 5.23. The van der Waals surface area contributed by atoms with Crippen LogP contribution in [0.25, 0.3) is 0 Å². The van der Waals surface area contributed by atoms with E-state index < -0.39 is 6.29 Å². The Kier molecular flexibility index (Phi) is 6.76. The summed E-state index contributed by atoms with van der Waals surface area (Å²) in [6.45, 7) is 1.23. The number of methoxy groups -OCH3 is 1. The van der Waals surface area contributed by atoms with Crippen LogP contribution in [-0.4, -0.2) is 25.3 Å². The van der Waals surface area contributed by atoms with Gasteiger partial charge in [0.05, 0.1) is 6.61 Å². The molecule has 0 spiro atoms. The van der Waals surface area contributed by atoms with Crippen LogP contribution >= 0.6 is 0 Å². The molecule has 0 bridgehead atoms. The molecule has 0 aromatic heterocycles. The van der Waals surface area contributed by atoms with Gasteiger partial charge < -0.3 is 9.47 Å². The maximum Gasteiger partial charge on any atom is 0.190 e. The molecule has 0 saturated heterocycles. The van der Waals surface area contributed by atoms with E-state index >= 15 is 0 Å².